The first kappa shape index (κ1) is 18.6. The van der Waals surface area contributed by atoms with Gasteiger partial charge >= 0.3 is 6.09 Å². The third kappa shape index (κ3) is 4.74. The summed E-state index contributed by atoms with van der Waals surface area (Å²) < 4.78 is 17.0. The van der Waals surface area contributed by atoms with Gasteiger partial charge in [0.1, 0.15) is 18.0 Å². The quantitative estimate of drug-likeness (QED) is 0.735. The van der Waals surface area contributed by atoms with Crippen molar-refractivity contribution < 1.29 is 19.0 Å². The number of rotatable bonds is 7. The number of nitrogens with zero attached hydrogens (tertiary/aromatic N) is 2. The van der Waals surface area contributed by atoms with Crippen LogP contribution in [-0.4, -0.2) is 74.0 Å². The molecular weight excluding hydrogens is 344 g/mol. The molecule has 3 aliphatic heterocycles. The van der Waals surface area contributed by atoms with Gasteiger partial charge in [0.05, 0.1) is 13.1 Å². The molecule has 0 bridgehead atoms. The number of piperidine rings is 1. The first-order valence-electron chi connectivity index (χ1n) is 10.2. The van der Waals surface area contributed by atoms with Gasteiger partial charge in [0.15, 0.2) is 0 Å². The summed E-state index contributed by atoms with van der Waals surface area (Å²) in [5.74, 6) is 1.56. The molecule has 3 aliphatic rings. The Kier molecular flexibility index (Phi) is 5.83. The van der Waals surface area contributed by atoms with Crippen LogP contribution in [0, 0.1) is 5.92 Å². The molecule has 4 rings (SSSR count). The summed E-state index contributed by atoms with van der Waals surface area (Å²) in [6.07, 6.45) is 4.08. The molecule has 0 N–H and O–H groups in total. The average molecular weight is 374 g/mol. The zero-order chi connectivity index (χ0) is 18.5. The van der Waals surface area contributed by atoms with Gasteiger partial charge in [0, 0.05) is 39.1 Å². The zero-order valence-corrected chi connectivity index (χ0v) is 16.0. The minimum absolute atomic E-state index is 0.191. The predicted molar refractivity (Wildman–Crippen MR) is 102 cm³/mol. The first-order valence-corrected chi connectivity index (χ1v) is 10.2. The second kappa shape index (κ2) is 8.48. The Labute approximate surface area is 161 Å². The van der Waals surface area contributed by atoms with Crippen LogP contribution in [0.1, 0.15) is 25.7 Å². The van der Waals surface area contributed by atoms with Crippen molar-refractivity contribution in [1.82, 2.24) is 9.80 Å². The lowest BCUT2D eigenvalue weighted by Gasteiger charge is -2.37. The summed E-state index contributed by atoms with van der Waals surface area (Å²) in [7, 11) is 0. The van der Waals surface area contributed by atoms with Crippen LogP contribution in [0.4, 0.5) is 4.79 Å². The van der Waals surface area contributed by atoms with E-state index < -0.39 is 0 Å². The summed E-state index contributed by atoms with van der Waals surface area (Å²) >= 11 is 0. The number of likely N-dealkylation sites (tertiary alicyclic amines) is 1. The van der Waals surface area contributed by atoms with Crippen molar-refractivity contribution in [2.45, 2.75) is 31.3 Å². The molecule has 1 unspecified atom stereocenters. The van der Waals surface area contributed by atoms with Crippen LogP contribution >= 0.6 is 0 Å². The molecule has 3 fully saturated rings. The smallest absolute Gasteiger partial charge is 0.410 e. The maximum Gasteiger partial charge on any atom is 0.410 e. The molecule has 148 valence electrons. The fourth-order valence-corrected chi connectivity index (χ4v) is 4.28. The summed E-state index contributed by atoms with van der Waals surface area (Å²) in [4.78, 5) is 16.6. The van der Waals surface area contributed by atoms with Crippen molar-refractivity contribution in [2.75, 3.05) is 52.5 Å². The molecule has 1 atom stereocenters. The van der Waals surface area contributed by atoms with Crippen LogP contribution in [0.15, 0.2) is 30.3 Å². The second-order valence-electron chi connectivity index (χ2n) is 7.99. The van der Waals surface area contributed by atoms with Crippen molar-refractivity contribution in [3.63, 3.8) is 0 Å². The third-order valence-electron chi connectivity index (χ3n) is 6.06. The SMILES string of the molecule is O=C1OC2(CCN(CCC3CCOC3)CC2)CN1CCOc1ccccc1. The van der Waals surface area contributed by atoms with Gasteiger partial charge in [-0.3, -0.25) is 0 Å². The van der Waals surface area contributed by atoms with Crippen molar-refractivity contribution in [3.8, 4) is 5.75 Å². The highest BCUT2D eigenvalue weighted by molar-refractivity contribution is 5.70. The molecule has 0 aromatic heterocycles. The van der Waals surface area contributed by atoms with Gasteiger partial charge in [-0.2, -0.15) is 0 Å². The Hall–Kier alpha value is -1.79. The maximum absolute atomic E-state index is 12.3. The Morgan fingerprint density at radius 2 is 1.96 bits per heavy atom. The van der Waals surface area contributed by atoms with E-state index in [2.05, 4.69) is 4.90 Å². The molecule has 0 aliphatic carbocycles. The van der Waals surface area contributed by atoms with E-state index in [9.17, 15) is 4.79 Å². The molecule has 6 nitrogen and oxygen atoms in total. The number of hydrogen-bond acceptors (Lipinski definition) is 5. The van der Waals surface area contributed by atoms with Gasteiger partial charge in [-0.15, -0.1) is 0 Å². The largest absolute Gasteiger partial charge is 0.492 e. The Morgan fingerprint density at radius 3 is 2.70 bits per heavy atom. The van der Waals surface area contributed by atoms with E-state index in [0.29, 0.717) is 19.7 Å². The summed E-state index contributed by atoms with van der Waals surface area (Å²) in [6.45, 7) is 6.75. The number of carbonyl (C=O) groups excluding carboxylic acids is 1. The van der Waals surface area contributed by atoms with Gasteiger partial charge in [0.2, 0.25) is 0 Å². The molecule has 6 heteroatoms. The first-order chi connectivity index (χ1) is 13.2. The number of amides is 1. The molecule has 0 saturated carbocycles. The van der Waals surface area contributed by atoms with E-state index >= 15 is 0 Å². The van der Waals surface area contributed by atoms with Crippen LogP contribution in [0.25, 0.3) is 0 Å². The van der Waals surface area contributed by atoms with Gasteiger partial charge in [-0.25, -0.2) is 4.79 Å². The normalized spacial score (nSPS) is 25.1. The highest BCUT2D eigenvalue weighted by Crippen LogP contribution is 2.33. The average Bonchev–Trinajstić information content (AvgIpc) is 3.31. The number of para-hydroxylation sites is 1. The van der Waals surface area contributed by atoms with Gasteiger partial charge < -0.3 is 24.0 Å². The molecule has 1 aromatic carbocycles. The summed E-state index contributed by atoms with van der Waals surface area (Å²) in [5, 5.41) is 0. The maximum atomic E-state index is 12.3. The number of benzene rings is 1. The second-order valence-corrected chi connectivity index (χ2v) is 7.99. The fraction of sp³-hybridized carbons (Fsp3) is 0.667. The number of ether oxygens (including phenoxy) is 3. The Morgan fingerprint density at radius 1 is 1.15 bits per heavy atom. The molecule has 3 heterocycles. The standard InChI is InChI=1S/C21H30N2O4/c24-20-23(13-15-26-19-4-2-1-3-5-19)17-21(27-20)8-11-22(12-9-21)10-6-18-7-14-25-16-18/h1-5,18H,6-17H2. The van der Waals surface area contributed by atoms with Crippen LogP contribution in [0.5, 0.6) is 5.75 Å². The summed E-state index contributed by atoms with van der Waals surface area (Å²) in [5.41, 5.74) is -0.295. The van der Waals surface area contributed by atoms with Crippen LogP contribution in [0.3, 0.4) is 0 Å². The van der Waals surface area contributed by atoms with E-state index in [-0.39, 0.29) is 11.7 Å². The van der Waals surface area contributed by atoms with E-state index in [0.717, 1.165) is 57.4 Å². The lowest BCUT2D eigenvalue weighted by atomic mass is 9.91. The van der Waals surface area contributed by atoms with E-state index in [4.69, 9.17) is 14.2 Å². The van der Waals surface area contributed by atoms with Gasteiger partial charge in [-0.1, -0.05) is 18.2 Å². The van der Waals surface area contributed by atoms with Gasteiger partial charge in [0.25, 0.3) is 0 Å². The van der Waals surface area contributed by atoms with E-state index in [1.165, 1.54) is 12.8 Å². The number of hydrogen-bond donors (Lipinski definition) is 0. The molecule has 3 saturated heterocycles. The monoisotopic (exact) mass is 374 g/mol. The van der Waals surface area contributed by atoms with Crippen molar-refractivity contribution in [1.29, 1.82) is 0 Å². The number of carbonyl (C=O) groups is 1. The molecule has 1 spiro atoms. The van der Waals surface area contributed by atoms with Crippen molar-refractivity contribution in [3.05, 3.63) is 30.3 Å². The van der Waals surface area contributed by atoms with Crippen LogP contribution in [0.2, 0.25) is 0 Å². The lowest BCUT2D eigenvalue weighted by Crippen LogP contribution is -2.47. The predicted octanol–water partition coefficient (Wildman–Crippen LogP) is 2.78. The Bertz CT molecular complexity index is 610. The molecule has 0 radical (unpaired) electrons. The topological polar surface area (TPSA) is 51.2 Å². The minimum Gasteiger partial charge on any atom is -0.492 e. The third-order valence-corrected chi connectivity index (χ3v) is 6.06. The lowest BCUT2D eigenvalue weighted by molar-refractivity contribution is -0.000434. The highest BCUT2D eigenvalue weighted by Gasteiger charge is 2.46. The van der Waals surface area contributed by atoms with Crippen LogP contribution < -0.4 is 4.74 Å². The zero-order valence-electron chi connectivity index (χ0n) is 16.0. The fourth-order valence-electron chi connectivity index (χ4n) is 4.28. The van der Waals surface area contributed by atoms with Crippen molar-refractivity contribution in [2.24, 2.45) is 5.92 Å². The van der Waals surface area contributed by atoms with Crippen LogP contribution in [-0.2, 0) is 9.47 Å². The van der Waals surface area contributed by atoms with Gasteiger partial charge in [-0.05, 0) is 37.4 Å². The minimum atomic E-state index is -0.295. The molecule has 27 heavy (non-hydrogen) atoms. The van der Waals surface area contributed by atoms with E-state index in [1.807, 2.05) is 30.3 Å². The molecule has 1 aromatic rings. The Balaban J connectivity index is 1.19. The highest BCUT2D eigenvalue weighted by atomic mass is 16.6. The molecule has 1 amide bonds. The summed E-state index contributed by atoms with van der Waals surface area (Å²) in [6, 6.07) is 9.71. The molecular formula is C21H30N2O4. The van der Waals surface area contributed by atoms with Crippen molar-refractivity contribution >= 4 is 6.09 Å². The van der Waals surface area contributed by atoms with E-state index in [1.54, 1.807) is 4.90 Å².